The molecule has 8 heteroatoms. The van der Waals surface area contributed by atoms with Gasteiger partial charge in [-0.3, -0.25) is 19.7 Å². The van der Waals surface area contributed by atoms with Gasteiger partial charge in [-0.15, -0.1) is 0 Å². The lowest BCUT2D eigenvalue weighted by Crippen LogP contribution is -2.52. The first-order chi connectivity index (χ1) is 13.9. The molecule has 2 heterocycles. The molecule has 1 saturated heterocycles. The normalized spacial score (nSPS) is 25.9. The van der Waals surface area contributed by atoms with Crippen molar-refractivity contribution in [2.75, 3.05) is 6.54 Å². The second-order valence-corrected chi connectivity index (χ2v) is 8.29. The molecule has 154 valence electrons. The van der Waals surface area contributed by atoms with Crippen LogP contribution in [0.2, 0.25) is 0 Å². The van der Waals surface area contributed by atoms with E-state index in [1.54, 1.807) is 6.07 Å². The van der Waals surface area contributed by atoms with Gasteiger partial charge in [-0.05, 0) is 48.3 Å². The summed E-state index contributed by atoms with van der Waals surface area (Å²) in [6.45, 7) is 3.24. The predicted molar refractivity (Wildman–Crippen MR) is 103 cm³/mol. The monoisotopic (exact) mass is 399 g/mol. The Balaban J connectivity index is 1.32. The Kier molecular flexibility index (Phi) is 5.25. The first-order valence-corrected chi connectivity index (χ1v) is 10.1. The maximum absolute atomic E-state index is 12.8. The van der Waals surface area contributed by atoms with Crippen LogP contribution in [0.1, 0.15) is 54.1 Å². The Morgan fingerprint density at radius 3 is 2.79 bits per heavy atom. The molecule has 0 bridgehead atoms. The summed E-state index contributed by atoms with van der Waals surface area (Å²) in [6, 6.07) is 4.73. The van der Waals surface area contributed by atoms with E-state index >= 15 is 0 Å². The van der Waals surface area contributed by atoms with Crippen LogP contribution in [-0.4, -0.2) is 41.3 Å². The number of hydrogen-bond donors (Lipinski definition) is 2. The van der Waals surface area contributed by atoms with E-state index in [4.69, 9.17) is 4.74 Å². The van der Waals surface area contributed by atoms with Gasteiger partial charge in [-0.1, -0.05) is 19.1 Å². The third-order valence-corrected chi connectivity index (χ3v) is 5.97. The number of benzene rings is 1. The number of piperidine rings is 1. The minimum atomic E-state index is -0.632. The summed E-state index contributed by atoms with van der Waals surface area (Å²) in [6.07, 6.45) is 2.38. The van der Waals surface area contributed by atoms with Crippen LogP contribution < -0.4 is 10.6 Å². The fourth-order valence-electron chi connectivity index (χ4n) is 4.35. The summed E-state index contributed by atoms with van der Waals surface area (Å²) in [7, 11) is 0. The quantitative estimate of drug-likeness (QED) is 0.734. The number of nitrogens with zero attached hydrogens (tertiary/aromatic N) is 1. The van der Waals surface area contributed by atoms with E-state index in [9.17, 15) is 19.2 Å². The highest BCUT2D eigenvalue weighted by atomic mass is 16.5. The number of carbonyl (C=O) groups excluding carboxylic acids is 4. The molecular formula is C21H25N3O5. The van der Waals surface area contributed by atoms with Crippen LogP contribution >= 0.6 is 0 Å². The molecule has 3 aliphatic rings. The summed E-state index contributed by atoms with van der Waals surface area (Å²) in [4.78, 5) is 49.6. The minimum absolute atomic E-state index is 0.0753. The van der Waals surface area contributed by atoms with Crippen LogP contribution in [0.15, 0.2) is 18.2 Å². The van der Waals surface area contributed by atoms with Gasteiger partial charge in [-0.2, -0.15) is 0 Å². The van der Waals surface area contributed by atoms with Gasteiger partial charge in [0.1, 0.15) is 12.6 Å². The van der Waals surface area contributed by atoms with Crippen LogP contribution in [0.3, 0.4) is 0 Å². The Morgan fingerprint density at radius 2 is 2.07 bits per heavy atom. The molecule has 1 atom stereocenters. The average Bonchev–Trinajstić information content (AvgIpc) is 2.99. The van der Waals surface area contributed by atoms with Gasteiger partial charge >= 0.3 is 6.09 Å². The number of ether oxygens (including phenoxy) is 1. The number of amides is 4. The molecule has 1 aromatic rings. The number of rotatable bonds is 5. The zero-order valence-corrected chi connectivity index (χ0v) is 16.4. The molecule has 2 aliphatic heterocycles. The maximum Gasteiger partial charge on any atom is 0.407 e. The lowest BCUT2D eigenvalue weighted by molar-refractivity contribution is -0.136. The first kappa shape index (κ1) is 19.4. The Labute approximate surface area is 169 Å². The molecule has 2 fully saturated rings. The van der Waals surface area contributed by atoms with E-state index in [0.717, 1.165) is 29.9 Å². The van der Waals surface area contributed by atoms with Gasteiger partial charge in [0, 0.05) is 25.1 Å². The van der Waals surface area contributed by atoms with Crippen LogP contribution in [0.5, 0.6) is 0 Å². The first-order valence-electron chi connectivity index (χ1n) is 10.1. The lowest BCUT2D eigenvalue weighted by Gasteiger charge is -2.32. The molecular weight excluding hydrogens is 374 g/mol. The zero-order valence-electron chi connectivity index (χ0n) is 16.4. The van der Waals surface area contributed by atoms with E-state index in [-0.39, 0.29) is 24.8 Å². The summed E-state index contributed by atoms with van der Waals surface area (Å²) in [5.41, 5.74) is 2.06. The van der Waals surface area contributed by atoms with Gasteiger partial charge in [0.05, 0.1) is 0 Å². The molecule has 1 aromatic carbocycles. The molecule has 0 aromatic heterocycles. The Hall–Kier alpha value is -2.90. The minimum Gasteiger partial charge on any atom is -0.445 e. The largest absolute Gasteiger partial charge is 0.445 e. The van der Waals surface area contributed by atoms with Crippen molar-refractivity contribution in [3.8, 4) is 0 Å². The van der Waals surface area contributed by atoms with Gasteiger partial charge in [0.25, 0.3) is 5.91 Å². The molecule has 29 heavy (non-hydrogen) atoms. The summed E-state index contributed by atoms with van der Waals surface area (Å²) >= 11 is 0. The summed E-state index contributed by atoms with van der Waals surface area (Å²) in [5, 5.41) is 5.08. The number of fused-ring (bicyclic) bond motifs is 1. The number of carbonyl (C=O) groups is 4. The van der Waals surface area contributed by atoms with Crippen molar-refractivity contribution in [3.63, 3.8) is 0 Å². The van der Waals surface area contributed by atoms with Gasteiger partial charge < -0.3 is 15.0 Å². The van der Waals surface area contributed by atoms with Gasteiger partial charge in [-0.25, -0.2) is 4.79 Å². The topological polar surface area (TPSA) is 105 Å². The second-order valence-electron chi connectivity index (χ2n) is 8.29. The smallest absolute Gasteiger partial charge is 0.407 e. The van der Waals surface area contributed by atoms with E-state index in [1.165, 1.54) is 4.90 Å². The molecule has 1 unspecified atom stereocenters. The van der Waals surface area contributed by atoms with Crippen LogP contribution in [0.4, 0.5) is 4.79 Å². The van der Waals surface area contributed by atoms with Gasteiger partial charge in [0.15, 0.2) is 0 Å². The van der Waals surface area contributed by atoms with E-state index in [1.807, 2.05) is 12.1 Å². The highest BCUT2D eigenvalue weighted by molar-refractivity contribution is 6.05. The highest BCUT2D eigenvalue weighted by Gasteiger charge is 2.39. The SMILES string of the molecule is CC1CC(CNC(=O)OCc2ccc3c(c2)C(=O)N(C2CCC(=O)NC2=O)C3)C1. The standard InChI is InChI=1S/C21H25N3O5/c1-12-6-14(7-12)9-22-21(28)29-11-13-2-3-15-10-24(20(27)16(15)8-13)17-4-5-18(25)23-19(17)26/h2-3,8,12,14,17H,4-7,9-11H2,1H3,(H,22,28)(H,23,25,26). The molecule has 0 spiro atoms. The van der Waals surface area contributed by atoms with Gasteiger partial charge in [0.2, 0.25) is 11.8 Å². The third kappa shape index (κ3) is 4.11. The van der Waals surface area contributed by atoms with Crippen molar-refractivity contribution in [1.82, 2.24) is 15.5 Å². The lowest BCUT2D eigenvalue weighted by atomic mass is 9.76. The van der Waals surface area contributed by atoms with Crippen LogP contribution in [-0.2, 0) is 27.5 Å². The number of nitrogens with one attached hydrogen (secondary N) is 2. The van der Waals surface area contributed by atoms with Crippen molar-refractivity contribution >= 4 is 23.8 Å². The summed E-state index contributed by atoms with van der Waals surface area (Å²) < 4.78 is 5.26. The Morgan fingerprint density at radius 1 is 1.28 bits per heavy atom. The maximum atomic E-state index is 12.8. The predicted octanol–water partition coefficient (Wildman–Crippen LogP) is 1.72. The van der Waals surface area contributed by atoms with Crippen LogP contribution in [0.25, 0.3) is 0 Å². The molecule has 1 aliphatic carbocycles. The van der Waals surface area contributed by atoms with E-state index in [2.05, 4.69) is 17.6 Å². The molecule has 8 nitrogen and oxygen atoms in total. The fourth-order valence-corrected chi connectivity index (χ4v) is 4.35. The molecule has 2 N–H and O–H groups in total. The number of hydrogen-bond acceptors (Lipinski definition) is 5. The number of imide groups is 1. The highest BCUT2D eigenvalue weighted by Crippen LogP contribution is 2.32. The van der Waals surface area contributed by atoms with Crippen molar-refractivity contribution < 1.29 is 23.9 Å². The molecule has 4 amide bonds. The summed E-state index contributed by atoms with van der Waals surface area (Å²) in [5.74, 6) is 0.304. The molecule has 4 rings (SSSR count). The van der Waals surface area contributed by atoms with E-state index < -0.39 is 18.0 Å². The van der Waals surface area contributed by atoms with Crippen molar-refractivity contribution in [2.45, 2.75) is 51.8 Å². The second kappa shape index (κ2) is 7.85. The van der Waals surface area contributed by atoms with Crippen molar-refractivity contribution in [2.24, 2.45) is 11.8 Å². The van der Waals surface area contributed by atoms with Crippen LogP contribution in [0, 0.1) is 11.8 Å². The Bertz CT molecular complexity index is 862. The van der Waals surface area contributed by atoms with Crippen molar-refractivity contribution in [3.05, 3.63) is 34.9 Å². The molecule has 0 radical (unpaired) electrons. The average molecular weight is 399 g/mol. The fraction of sp³-hybridized carbons (Fsp3) is 0.524. The molecule has 1 saturated carbocycles. The van der Waals surface area contributed by atoms with Crippen molar-refractivity contribution in [1.29, 1.82) is 0 Å². The third-order valence-electron chi connectivity index (χ3n) is 5.97. The van der Waals surface area contributed by atoms with E-state index in [0.29, 0.717) is 31.0 Å². The zero-order chi connectivity index (χ0) is 20.5. The number of alkyl carbamates (subject to hydrolysis) is 1.